The maximum Gasteiger partial charge on any atom is 1.00 e. The van der Waals surface area contributed by atoms with Crippen molar-refractivity contribution in [2.45, 2.75) is 155 Å². The second kappa shape index (κ2) is 27.1. The van der Waals surface area contributed by atoms with E-state index in [0.29, 0.717) is 0 Å². The number of rotatable bonds is 25. The fourth-order valence-corrected chi connectivity index (χ4v) is 4.69. The molecule has 0 saturated carbocycles. The Bertz CT molecular complexity index is 457. The van der Waals surface area contributed by atoms with E-state index in [4.69, 9.17) is 0 Å². The topological polar surface area (TPSA) is 66.4 Å². The van der Waals surface area contributed by atoms with Gasteiger partial charge in [-0.2, -0.15) is 0 Å². The monoisotopic (exact) mass is 500 g/mol. The minimum atomic E-state index is -4.57. The molecule has 0 saturated heterocycles. The Kier molecular flexibility index (Phi) is 30.2. The van der Waals surface area contributed by atoms with E-state index in [1.54, 1.807) is 0 Å². The Balaban J connectivity index is 0. The van der Waals surface area contributed by atoms with Crippen molar-refractivity contribution in [2.24, 2.45) is 5.92 Å². The smallest absolute Gasteiger partial charge is 0.726 e. The summed E-state index contributed by atoms with van der Waals surface area (Å²) in [5.74, 6) is 0.201. The molecule has 4 nitrogen and oxygen atoms in total. The summed E-state index contributed by atoms with van der Waals surface area (Å²) in [7, 11) is -4.57. The molecule has 0 N–H and O–H groups in total. The third kappa shape index (κ3) is 29.5. The van der Waals surface area contributed by atoms with Crippen LogP contribution in [0.15, 0.2) is 0 Å². The number of unbranched alkanes of at least 4 members (excludes halogenated alkanes) is 18. The minimum Gasteiger partial charge on any atom is -0.726 e. The van der Waals surface area contributed by atoms with E-state index in [-0.39, 0.29) is 63.9 Å². The van der Waals surface area contributed by atoms with Crippen molar-refractivity contribution in [1.29, 1.82) is 0 Å². The second-order valence-electron chi connectivity index (χ2n) is 9.50. The van der Waals surface area contributed by atoms with Gasteiger partial charge in [-0.05, 0) is 18.8 Å². The van der Waals surface area contributed by atoms with Crippen molar-refractivity contribution in [3.8, 4) is 0 Å². The molecule has 0 heterocycles. The molecule has 6 heteroatoms. The van der Waals surface area contributed by atoms with Crippen molar-refractivity contribution in [3.05, 3.63) is 0 Å². The zero-order valence-corrected chi connectivity index (χ0v) is 25.8. The van der Waals surface area contributed by atoms with Crippen LogP contribution in [0, 0.1) is 5.92 Å². The Morgan fingerprint density at radius 3 is 1.12 bits per heavy atom. The van der Waals surface area contributed by atoms with E-state index < -0.39 is 10.4 Å². The molecule has 0 aliphatic carbocycles. The van der Waals surface area contributed by atoms with E-state index in [1.165, 1.54) is 116 Å². The molecule has 0 aromatic carbocycles. The molecule has 0 aliphatic heterocycles. The molecule has 188 valence electrons. The van der Waals surface area contributed by atoms with Gasteiger partial charge >= 0.3 is 51.4 Å². The average Bonchev–Trinajstić information content (AvgIpc) is 2.73. The molecule has 32 heavy (non-hydrogen) atoms. The first-order chi connectivity index (χ1) is 15.0. The predicted octanol–water partition coefficient (Wildman–Crippen LogP) is 5.71. The van der Waals surface area contributed by atoms with Crippen molar-refractivity contribution in [1.82, 2.24) is 0 Å². The Labute approximate surface area is 244 Å². The van der Waals surface area contributed by atoms with E-state index in [1.807, 2.05) is 0 Å². The third-order valence-electron chi connectivity index (χ3n) is 6.38. The van der Waals surface area contributed by atoms with Crippen LogP contribution in [0.1, 0.15) is 155 Å². The fourth-order valence-electron chi connectivity index (χ4n) is 4.33. The zero-order valence-electron chi connectivity index (χ0n) is 21.9. The van der Waals surface area contributed by atoms with E-state index in [2.05, 4.69) is 18.0 Å². The fraction of sp³-hybridized carbons (Fsp3) is 1.00. The SMILES string of the molecule is CCCCCCCCCCCCCCC(CCCCCCCCCC)COS(=O)(=O)[O-].[K+]. The van der Waals surface area contributed by atoms with Crippen molar-refractivity contribution >= 4 is 10.4 Å². The Morgan fingerprint density at radius 2 is 0.844 bits per heavy atom. The van der Waals surface area contributed by atoms with Crippen LogP contribution in [0.25, 0.3) is 0 Å². The van der Waals surface area contributed by atoms with Gasteiger partial charge in [-0.3, -0.25) is 4.18 Å². The summed E-state index contributed by atoms with van der Waals surface area (Å²) in [6, 6.07) is 0. The van der Waals surface area contributed by atoms with Gasteiger partial charge in [0, 0.05) is 0 Å². The van der Waals surface area contributed by atoms with Gasteiger partial charge in [0.05, 0.1) is 6.61 Å². The van der Waals surface area contributed by atoms with Gasteiger partial charge in [0.25, 0.3) is 0 Å². The quantitative estimate of drug-likeness (QED) is 0.0697. The Morgan fingerprint density at radius 1 is 0.562 bits per heavy atom. The molecule has 0 spiro atoms. The zero-order chi connectivity index (χ0) is 23.0. The normalized spacial score (nSPS) is 12.6. The third-order valence-corrected chi connectivity index (χ3v) is 6.80. The predicted molar refractivity (Wildman–Crippen MR) is 132 cm³/mol. The van der Waals surface area contributed by atoms with Gasteiger partial charge in [0.15, 0.2) is 0 Å². The van der Waals surface area contributed by atoms with Crippen LogP contribution in [0.3, 0.4) is 0 Å². The Hall–Kier alpha value is 1.51. The van der Waals surface area contributed by atoms with Crippen LogP contribution >= 0.6 is 0 Å². The molecule has 1 unspecified atom stereocenters. The van der Waals surface area contributed by atoms with Gasteiger partial charge in [-0.15, -0.1) is 0 Å². The van der Waals surface area contributed by atoms with Crippen LogP contribution in [-0.4, -0.2) is 19.6 Å². The molecule has 0 fully saturated rings. The van der Waals surface area contributed by atoms with Crippen LogP contribution in [0.2, 0.25) is 0 Å². The first-order valence-corrected chi connectivity index (χ1v) is 14.9. The number of hydrogen-bond acceptors (Lipinski definition) is 4. The van der Waals surface area contributed by atoms with Crippen LogP contribution < -0.4 is 51.4 Å². The van der Waals surface area contributed by atoms with Crippen molar-refractivity contribution in [2.75, 3.05) is 6.61 Å². The first kappa shape index (κ1) is 35.7. The summed E-state index contributed by atoms with van der Waals surface area (Å²) in [5, 5.41) is 0. The summed E-state index contributed by atoms with van der Waals surface area (Å²) in [4.78, 5) is 0. The molecule has 0 amide bonds. The van der Waals surface area contributed by atoms with Gasteiger partial charge in [0.1, 0.15) is 0 Å². The molecular weight excluding hydrogens is 447 g/mol. The first-order valence-electron chi connectivity index (χ1n) is 13.6. The second-order valence-corrected chi connectivity index (χ2v) is 10.6. The molecule has 0 aromatic rings. The molecule has 0 aliphatic rings. The maximum atomic E-state index is 10.8. The molecule has 0 bridgehead atoms. The summed E-state index contributed by atoms with van der Waals surface area (Å²) in [6.45, 7) is 4.57. The van der Waals surface area contributed by atoms with E-state index in [9.17, 15) is 13.0 Å². The van der Waals surface area contributed by atoms with Crippen LogP contribution in [-0.2, 0) is 14.6 Å². The average molecular weight is 501 g/mol. The standard InChI is InChI=1S/C26H54O4S.K/c1-3-5-7-9-11-13-14-15-16-18-20-22-24-26(25-30-31(27,28)29)23-21-19-17-12-10-8-6-4-2;/h26H,3-25H2,1-2H3,(H,27,28,29);/q;+1/p-1. The van der Waals surface area contributed by atoms with Gasteiger partial charge in [-0.1, -0.05) is 142 Å². The molecule has 0 aromatic heterocycles. The maximum absolute atomic E-state index is 10.8. The van der Waals surface area contributed by atoms with Crippen LogP contribution in [0.5, 0.6) is 0 Å². The molecular formula is C26H53KO4S. The number of hydrogen-bond donors (Lipinski definition) is 0. The van der Waals surface area contributed by atoms with E-state index in [0.717, 1.165) is 25.7 Å². The van der Waals surface area contributed by atoms with Gasteiger partial charge in [-0.25, -0.2) is 8.42 Å². The molecule has 1 atom stereocenters. The largest absolute Gasteiger partial charge is 1.00 e. The van der Waals surface area contributed by atoms with E-state index >= 15 is 0 Å². The van der Waals surface area contributed by atoms with Crippen LogP contribution in [0.4, 0.5) is 0 Å². The van der Waals surface area contributed by atoms with Gasteiger partial charge in [0.2, 0.25) is 10.4 Å². The van der Waals surface area contributed by atoms with Crippen molar-refractivity contribution in [3.63, 3.8) is 0 Å². The van der Waals surface area contributed by atoms with Crippen molar-refractivity contribution < 1.29 is 68.5 Å². The summed E-state index contributed by atoms with van der Waals surface area (Å²) in [5.41, 5.74) is 0. The minimum absolute atomic E-state index is 0. The van der Waals surface area contributed by atoms with Gasteiger partial charge < -0.3 is 4.55 Å². The molecule has 0 rings (SSSR count). The summed E-state index contributed by atoms with van der Waals surface area (Å²) >= 11 is 0. The summed E-state index contributed by atoms with van der Waals surface area (Å²) in [6.07, 6.45) is 28.0. The summed E-state index contributed by atoms with van der Waals surface area (Å²) < 4.78 is 37.1. The molecule has 0 radical (unpaired) electrons.